The number of hydrogen-bond acceptors (Lipinski definition) is 6. The van der Waals surface area contributed by atoms with Crippen LogP contribution in [0.2, 0.25) is 0 Å². The van der Waals surface area contributed by atoms with Crippen LogP contribution in [0.5, 0.6) is 0 Å². The molecular weight excluding hydrogens is 342 g/mol. The summed E-state index contributed by atoms with van der Waals surface area (Å²) in [6, 6.07) is 7.79. The van der Waals surface area contributed by atoms with E-state index in [0.29, 0.717) is 4.91 Å². The summed E-state index contributed by atoms with van der Waals surface area (Å²) in [6.45, 7) is 2.05. The van der Waals surface area contributed by atoms with Gasteiger partial charge in [-0.15, -0.1) is 11.3 Å². The fourth-order valence-corrected chi connectivity index (χ4v) is 4.15. The summed E-state index contributed by atoms with van der Waals surface area (Å²) in [4.78, 5) is 33.3. The van der Waals surface area contributed by atoms with Gasteiger partial charge in [0.05, 0.1) is 21.0 Å². The van der Waals surface area contributed by atoms with Crippen molar-refractivity contribution in [3.63, 3.8) is 0 Å². The summed E-state index contributed by atoms with van der Waals surface area (Å²) in [7, 11) is 0. The smallest absolute Gasteiger partial charge is 0.282 e. The first-order valence-electron chi connectivity index (χ1n) is 7.16. The quantitative estimate of drug-likeness (QED) is 0.705. The molecule has 1 aliphatic heterocycles. The monoisotopic (exact) mass is 353 g/mol. The number of nitrogens with one attached hydrogen (secondary N) is 1. The Kier molecular flexibility index (Phi) is 3.66. The molecule has 1 aromatic carbocycles. The van der Waals surface area contributed by atoms with Crippen LogP contribution in [0.1, 0.15) is 11.1 Å². The number of carbonyl (C=O) groups excluding carboxylic acids is 2. The lowest BCUT2D eigenvalue weighted by atomic mass is 10.1. The first-order valence-corrected chi connectivity index (χ1v) is 8.85. The Morgan fingerprint density at radius 1 is 1.17 bits per heavy atom. The number of imide groups is 1. The van der Waals surface area contributed by atoms with E-state index in [1.165, 1.54) is 5.56 Å². The number of carbonyl (C=O) groups is 2. The van der Waals surface area contributed by atoms with Crippen molar-refractivity contribution in [1.29, 1.82) is 0 Å². The standard InChI is InChI=1S/C17H11N3O2S2/c1-9-4-5-23-15(9)14-11-6-10(2-3-12(11)18-8-19-14)7-13-16(21)20-17(22)24-13/h2-8H,1H3,(H,20,21,22). The van der Waals surface area contributed by atoms with E-state index < -0.39 is 0 Å². The molecule has 3 heterocycles. The third kappa shape index (κ3) is 2.61. The molecular formula is C17H11N3O2S2. The van der Waals surface area contributed by atoms with Crippen molar-refractivity contribution in [3.05, 3.63) is 52.0 Å². The van der Waals surface area contributed by atoms with Crippen LogP contribution in [0.15, 0.2) is 40.9 Å². The van der Waals surface area contributed by atoms with E-state index in [1.807, 2.05) is 23.6 Å². The Labute approximate surface area is 145 Å². The Balaban J connectivity index is 1.86. The van der Waals surface area contributed by atoms with Crippen molar-refractivity contribution < 1.29 is 9.59 Å². The summed E-state index contributed by atoms with van der Waals surface area (Å²) < 4.78 is 0. The largest absolute Gasteiger partial charge is 0.290 e. The van der Waals surface area contributed by atoms with E-state index in [2.05, 4.69) is 28.3 Å². The van der Waals surface area contributed by atoms with Gasteiger partial charge in [0.15, 0.2) is 0 Å². The highest BCUT2D eigenvalue weighted by atomic mass is 32.2. The zero-order valence-electron chi connectivity index (χ0n) is 12.6. The molecule has 3 aromatic rings. The maximum atomic E-state index is 11.7. The zero-order valence-corrected chi connectivity index (χ0v) is 14.2. The molecule has 1 fully saturated rings. The molecule has 7 heteroatoms. The number of aromatic nitrogens is 2. The Bertz CT molecular complexity index is 1020. The second kappa shape index (κ2) is 5.85. The summed E-state index contributed by atoms with van der Waals surface area (Å²) in [5, 5.41) is 4.88. The minimum atomic E-state index is -0.358. The van der Waals surface area contributed by atoms with Crippen molar-refractivity contribution in [2.45, 2.75) is 6.92 Å². The third-order valence-electron chi connectivity index (χ3n) is 3.68. The topological polar surface area (TPSA) is 72.0 Å². The van der Waals surface area contributed by atoms with Gasteiger partial charge in [0.2, 0.25) is 0 Å². The van der Waals surface area contributed by atoms with Crippen LogP contribution in [-0.2, 0) is 4.79 Å². The van der Waals surface area contributed by atoms with Crippen molar-refractivity contribution in [2.24, 2.45) is 0 Å². The van der Waals surface area contributed by atoms with Gasteiger partial charge >= 0.3 is 0 Å². The number of thiophene rings is 1. The van der Waals surface area contributed by atoms with Gasteiger partial charge in [0, 0.05) is 5.39 Å². The minimum Gasteiger partial charge on any atom is -0.282 e. The van der Waals surface area contributed by atoms with Crippen LogP contribution in [0.25, 0.3) is 27.6 Å². The van der Waals surface area contributed by atoms with Gasteiger partial charge in [0.25, 0.3) is 11.1 Å². The normalized spacial score (nSPS) is 16.1. The fourth-order valence-electron chi connectivity index (χ4n) is 2.53. The molecule has 2 aromatic heterocycles. The highest BCUT2D eigenvalue weighted by Crippen LogP contribution is 2.33. The molecule has 0 spiro atoms. The number of amides is 2. The highest BCUT2D eigenvalue weighted by Gasteiger charge is 2.25. The molecule has 0 aliphatic carbocycles. The van der Waals surface area contributed by atoms with Gasteiger partial charge in [-0.25, -0.2) is 9.97 Å². The van der Waals surface area contributed by atoms with E-state index in [0.717, 1.165) is 38.8 Å². The maximum Gasteiger partial charge on any atom is 0.290 e. The number of rotatable bonds is 2. The number of aryl methyl sites for hydroxylation is 1. The zero-order chi connectivity index (χ0) is 16.7. The van der Waals surface area contributed by atoms with Crippen LogP contribution in [0, 0.1) is 6.92 Å². The number of nitrogens with zero attached hydrogens (tertiary/aromatic N) is 2. The molecule has 1 saturated heterocycles. The molecule has 24 heavy (non-hydrogen) atoms. The highest BCUT2D eigenvalue weighted by molar-refractivity contribution is 8.18. The number of benzene rings is 1. The Morgan fingerprint density at radius 2 is 2.04 bits per heavy atom. The van der Waals surface area contributed by atoms with Gasteiger partial charge in [-0.05, 0) is 59.5 Å². The lowest BCUT2D eigenvalue weighted by Gasteiger charge is -2.05. The van der Waals surface area contributed by atoms with Gasteiger partial charge in [-0.3, -0.25) is 14.9 Å². The molecule has 0 bridgehead atoms. The van der Waals surface area contributed by atoms with Gasteiger partial charge in [-0.2, -0.15) is 0 Å². The van der Waals surface area contributed by atoms with E-state index in [1.54, 1.807) is 23.7 Å². The molecule has 0 unspecified atom stereocenters. The van der Waals surface area contributed by atoms with E-state index in [-0.39, 0.29) is 11.1 Å². The second-order valence-corrected chi connectivity index (χ2v) is 7.21. The summed E-state index contributed by atoms with van der Waals surface area (Å²) in [5.41, 5.74) is 3.72. The van der Waals surface area contributed by atoms with Crippen LogP contribution >= 0.6 is 23.1 Å². The lowest BCUT2D eigenvalue weighted by Crippen LogP contribution is -2.17. The van der Waals surface area contributed by atoms with Crippen molar-refractivity contribution >= 4 is 51.2 Å². The number of thioether (sulfide) groups is 1. The molecule has 0 saturated carbocycles. The molecule has 2 amide bonds. The molecule has 0 atom stereocenters. The average Bonchev–Trinajstić information content (AvgIpc) is 3.12. The van der Waals surface area contributed by atoms with Gasteiger partial charge in [0.1, 0.15) is 6.33 Å². The average molecular weight is 353 g/mol. The SMILES string of the molecule is Cc1ccsc1-c1ncnc2ccc(C=C3SC(=O)NC3=O)cc12. The van der Waals surface area contributed by atoms with Crippen LogP contribution in [-0.4, -0.2) is 21.1 Å². The van der Waals surface area contributed by atoms with Crippen molar-refractivity contribution in [1.82, 2.24) is 15.3 Å². The second-order valence-electron chi connectivity index (χ2n) is 5.28. The first kappa shape index (κ1) is 15.0. The lowest BCUT2D eigenvalue weighted by molar-refractivity contribution is -0.115. The van der Waals surface area contributed by atoms with Crippen LogP contribution in [0.3, 0.4) is 0 Å². The Morgan fingerprint density at radius 3 is 2.75 bits per heavy atom. The number of hydrogen-bond donors (Lipinski definition) is 1. The van der Waals surface area contributed by atoms with E-state index in [4.69, 9.17) is 0 Å². The first-order chi connectivity index (χ1) is 11.6. The van der Waals surface area contributed by atoms with E-state index in [9.17, 15) is 9.59 Å². The third-order valence-corrected chi connectivity index (χ3v) is 5.51. The molecule has 1 aliphatic rings. The van der Waals surface area contributed by atoms with E-state index >= 15 is 0 Å². The van der Waals surface area contributed by atoms with Crippen molar-refractivity contribution in [2.75, 3.05) is 0 Å². The van der Waals surface area contributed by atoms with Gasteiger partial charge in [-0.1, -0.05) is 6.07 Å². The molecule has 4 rings (SSSR count). The predicted molar refractivity (Wildman–Crippen MR) is 96.7 cm³/mol. The predicted octanol–water partition coefficient (Wildman–Crippen LogP) is 3.99. The molecule has 0 radical (unpaired) electrons. The Hall–Kier alpha value is -2.51. The summed E-state index contributed by atoms with van der Waals surface area (Å²) in [5.74, 6) is -0.358. The minimum absolute atomic E-state index is 0.342. The summed E-state index contributed by atoms with van der Waals surface area (Å²) >= 11 is 2.55. The van der Waals surface area contributed by atoms with Crippen LogP contribution in [0.4, 0.5) is 4.79 Å². The number of fused-ring (bicyclic) bond motifs is 1. The fraction of sp³-hybridized carbons (Fsp3) is 0.0588. The van der Waals surface area contributed by atoms with Crippen molar-refractivity contribution in [3.8, 4) is 10.6 Å². The summed E-state index contributed by atoms with van der Waals surface area (Å²) in [6.07, 6.45) is 3.27. The van der Waals surface area contributed by atoms with Gasteiger partial charge < -0.3 is 0 Å². The molecule has 5 nitrogen and oxygen atoms in total. The molecule has 1 N–H and O–H groups in total. The van der Waals surface area contributed by atoms with Crippen LogP contribution < -0.4 is 5.32 Å². The molecule has 118 valence electrons. The maximum absolute atomic E-state index is 11.7.